The molecule has 0 spiro atoms. The van der Waals surface area contributed by atoms with Gasteiger partial charge in [-0.15, -0.1) is 0 Å². The first-order valence-corrected chi connectivity index (χ1v) is 4.86. The molecule has 0 bridgehead atoms. The summed E-state index contributed by atoms with van der Waals surface area (Å²) >= 11 is 0. The van der Waals surface area contributed by atoms with Gasteiger partial charge in [0.2, 0.25) is 0 Å². The first kappa shape index (κ1) is 11.4. The lowest BCUT2D eigenvalue weighted by Crippen LogP contribution is -2.05. The van der Waals surface area contributed by atoms with Crippen molar-refractivity contribution in [2.45, 2.75) is 27.7 Å². The fourth-order valence-corrected chi connectivity index (χ4v) is 1.30. The molecule has 1 aromatic carbocycles. The van der Waals surface area contributed by atoms with Gasteiger partial charge in [-0.3, -0.25) is 4.99 Å². The zero-order valence-electron chi connectivity index (χ0n) is 9.57. The van der Waals surface area contributed by atoms with Gasteiger partial charge in [0.1, 0.15) is 0 Å². The van der Waals surface area contributed by atoms with Crippen LogP contribution >= 0.6 is 0 Å². The Kier molecular flexibility index (Phi) is 3.61. The van der Waals surface area contributed by atoms with Crippen molar-refractivity contribution in [1.82, 2.24) is 0 Å². The van der Waals surface area contributed by atoms with E-state index in [1.54, 1.807) is 6.92 Å². The number of rotatable bonds is 2. The van der Waals surface area contributed by atoms with Gasteiger partial charge in [0, 0.05) is 0 Å². The van der Waals surface area contributed by atoms with Gasteiger partial charge in [-0.1, -0.05) is 23.4 Å². The molecule has 0 aliphatic carbocycles. The van der Waals surface area contributed by atoms with Crippen molar-refractivity contribution in [2.75, 3.05) is 0 Å². The van der Waals surface area contributed by atoms with Gasteiger partial charge in [0.15, 0.2) is 0 Å². The lowest BCUT2D eigenvalue weighted by atomic mass is 10.1. The number of hydrogen-bond donors (Lipinski definition) is 1. The minimum Gasteiger partial charge on any atom is -0.411 e. The number of benzene rings is 1. The van der Waals surface area contributed by atoms with Crippen molar-refractivity contribution in [3.05, 3.63) is 29.3 Å². The van der Waals surface area contributed by atoms with Crippen LogP contribution in [0.3, 0.4) is 0 Å². The molecule has 1 aromatic rings. The summed E-state index contributed by atoms with van der Waals surface area (Å²) in [4.78, 5) is 4.45. The van der Waals surface area contributed by atoms with Crippen LogP contribution < -0.4 is 0 Å². The Balaban J connectivity index is 3.19. The van der Waals surface area contributed by atoms with Gasteiger partial charge in [0.05, 0.1) is 17.1 Å². The van der Waals surface area contributed by atoms with Crippen LogP contribution in [0, 0.1) is 13.8 Å². The Labute approximate surface area is 90.2 Å². The molecular weight excluding hydrogens is 188 g/mol. The number of oxime groups is 1. The van der Waals surface area contributed by atoms with Crippen molar-refractivity contribution in [2.24, 2.45) is 10.1 Å². The molecule has 0 aromatic heterocycles. The summed E-state index contributed by atoms with van der Waals surface area (Å²) in [7, 11) is 0. The van der Waals surface area contributed by atoms with Crippen LogP contribution in [0.1, 0.15) is 25.0 Å². The van der Waals surface area contributed by atoms with E-state index >= 15 is 0 Å². The van der Waals surface area contributed by atoms with Crippen LogP contribution in [0.4, 0.5) is 5.69 Å². The van der Waals surface area contributed by atoms with Gasteiger partial charge in [-0.05, 0) is 38.8 Å². The highest BCUT2D eigenvalue weighted by atomic mass is 16.4. The molecule has 3 heteroatoms. The fourth-order valence-electron chi connectivity index (χ4n) is 1.30. The molecule has 1 N–H and O–H groups in total. The van der Waals surface area contributed by atoms with E-state index in [0.29, 0.717) is 5.71 Å². The monoisotopic (exact) mass is 204 g/mol. The van der Waals surface area contributed by atoms with Gasteiger partial charge < -0.3 is 5.21 Å². The molecule has 0 fully saturated rings. The molecule has 3 nitrogen and oxygen atoms in total. The van der Waals surface area contributed by atoms with Crippen molar-refractivity contribution < 1.29 is 5.21 Å². The van der Waals surface area contributed by atoms with Gasteiger partial charge >= 0.3 is 0 Å². The normalized spacial score (nSPS) is 13.1. The standard InChI is InChI=1S/C12H16N2O/c1-8-6-5-7-9(2)12(8)13-10(3)11(4)14-15/h5-7,15H,1-4H3. The molecule has 0 radical (unpaired) electrons. The second-order valence-electron chi connectivity index (χ2n) is 3.62. The summed E-state index contributed by atoms with van der Waals surface area (Å²) < 4.78 is 0. The molecule has 80 valence electrons. The zero-order valence-corrected chi connectivity index (χ0v) is 9.57. The highest BCUT2D eigenvalue weighted by Crippen LogP contribution is 2.23. The summed E-state index contributed by atoms with van der Waals surface area (Å²) in [5.74, 6) is 0. The van der Waals surface area contributed by atoms with Crippen LogP contribution in [0.25, 0.3) is 0 Å². The second-order valence-corrected chi connectivity index (χ2v) is 3.62. The third kappa shape index (κ3) is 2.65. The second kappa shape index (κ2) is 4.73. The maximum Gasteiger partial charge on any atom is 0.0976 e. The molecule has 0 unspecified atom stereocenters. The largest absolute Gasteiger partial charge is 0.411 e. The van der Waals surface area contributed by atoms with E-state index in [1.807, 2.05) is 39.0 Å². The summed E-state index contributed by atoms with van der Waals surface area (Å²) in [6.07, 6.45) is 0. The molecule has 0 amide bonds. The van der Waals surface area contributed by atoms with Crippen molar-refractivity contribution >= 4 is 17.1 Å². The van der Waals surface area contributed by atoms with E-state index < -0.39 is 0 Å². The molecule has 0 heterocycles. The molecule has 0 aliphatic heterocycles. The highest BCUT2D eigenvalue weighted by molar-refractivity contribution is 6.40. The van der Waals surface area contributed by atoms with E-state index in [0.717, 1.165) is 22.5 Å². The molecule has 1 rings (SSSR count). The first-order valence-electron chi connectivity index (χ1n) is 4.86. The Morgan fingerprint density at radius 3 is 2.07 bits per heavy atom. The van der Waals surface area contributed by atoms with E-state index in [-0.39, 0.29) is 0 Å². The minimum atomic E-state index is 0.539. The summed E-state index contributed by atoms with van der Waals surface area (Å²) in [5, 5.41) is 11.8. The lowest BCUT2D eigenvalue weighted by molar-refractivity contribution is 0.320. The highest BCUT2D eigenvalue weighted by Gasteiger charge is 2.02. The average molecular weight is 204 g/mol. The fraction of sp³-hybridized carbons (Fsp3) is 0.333. The maximum absolute atomic E-state index is 8.63. The van der Waals surface area contributed by atoms with Gasteiger partial charge in [-0.2, -0.15) is 0 Å². The molecule has 0 saturated heterocycles. The number of hydrogen-bond acceptors (Lipinski definition) is 3. The quantitative estimate of drug-likeness (QED) is 0.448. The van der Waals surface area contributed by atoms with Crippen molar-refractivity contribution in [3.8, 4) is 0 Å². The smallest absolute Gasteiger partial charge is 0.0976 e. The molecule has 15 heavy (non-hydrogen) atoms. The van der Waals surface area contributed by atoms with E-state index in [1.165, 1.54) is 0 Å². The molecule has 0 atom stereocenters. The van der Waals surface area contributed by atoms with Gasteiger partial charge in [-0.25, -0.2) is 0 Å². The Morgan fingerprint density at radius 2 is 1.60 bits per heavy atom. The predicted molar refractivity (Wildman–Crippen MR) is 63.6 cm³/mol. The van der Waals surface area contributed by atoms with E-state index in [2.05, 4.69) is 10.1 Å². The third-order valence-electron chi connectivity index (χ3n) is 2.39. The van der Waals surface area contributed by atoms with Crippen LogP contribution in [0.5, 0.6) is 0 Å². The zero-order chi connectivity index (χ0) is 11.4. The summed E-state index contributed by atoms with van der Waals surface area (Å²) in [6, 6.07) is 6.04. The Hall–Kier alpha value is -1.64. The van der Waals surface area contributed by atoms with E-state index in [9.17, 15) is 0 Å². The summed E-state index contributed by atoms with van der Waals surface area (Å²) in [5.41, 5.74) is 4.48. The topological polar surface area (TPSA) is 45.0 Å². The number of para-hydroxylation sites is 1. The summed E-state index contributed by atoms with van der Waals surface area (Å²) in [6.45, 7) is 7.60. The maximum atomic E-state index is 8.63. The van der Waals surface area contributed by atoms with Gasteiger partial charge in [0.25, 0.3) is 0 Å². The number of nitrogens with zero attached hydrogens (tertiary/aromatic N) is 2. The number of aliphatic imine (C=N–C) groups is 1. The predicted octanol–water partition coefficient (Wildman–Crippen LogP) is 3.25. The molecule has 0 saturated carbocycles. The van der Waals surface area contributed by atoms with Crippen LogP contribution in [-0.2, 0) is 0 Å². The lowest BCUT2D eigenvalue weighted by Gasteiger charge is -2.05. The Morgan fingerprint density at radius 1 is 1.07 bits per heavy atom. The number of aryl methyl sites for hydroxylation is 2. The first-order chi connectivity index (χ1) is 7.06. The molecule has 0 aliphatic rings. The minimum absolute atomic E-state index is 0.539. The van der Waals surface area contributed by atoms with Crippen LogP contribution in [0.15, 0.2) is 28.3 Å². The average Bonchev–Trinajstić information content (AvgIpc) is 2.22. The van der Waals surface area contributed by atoms with Crippen LogP contribution in [0.2, 0.25) is 0 Å². The van der Waals surface area contributed by atoms with Crippen molar-refractivity contribution in [1.29, 1.82) is 0 Å². The van der Waals surface area contributed by atoms with Crippen molar-refractivity contribution in [3.63, 3.8) is 0 Å². The molecular formula is C12H16N2O. The van der Waals surface area contributed by atoms with Crippen LogP contribution in [-0.4, -0.2) is 16.6 Å². The third-order valence-corrected chi connectivity index (χ3v) is 2.39. The SMILES string of the molecule is CC(=NO)C(C)=Nc1c(C)cccc1C. The van der Waals surface area contributed by atoms with E-state index in [4.69, 9.17) is 5.21 Å². The Bertz CT molecular complexity index is 399.